The zero-order valence-corrected chi connectivity index (χ0v) is 9.55. The molecule has 1 nitrogen and oxygen atoms in total. The van der Waals surface area contributed by atoms with Crippen molar-refractivity contribution in [2.75, 3.05) is 0 Å². The van der Waals surface area contributed by atoms with Gasteiger partial charge in [0.1, 0.15) is 0 Å². The van der Waals surface area contributed by atoms with Gasteiger partial charge in [-0.3, -0.25) is 4.98 Å². The van der Waals surface area contributed by atoms with Crippen LogP contribution in [0.3, 0.4) is 0 Å². The summed E-state index contributed by atoms with van der Waals surface area (Å²) in [6, 6.07) is 5.44. The molecule has 90 valence electrons. The number of pyridine rings is 1. The first-order valence-corrected chi connectivity index (χ1v) is 5.35. The van der Waals surface area contributed by atoms with Gasteiger partial charge in [-0.2, -0.15) is 13.2 Å². The van der Waals surface area contributed by atoms with Crippen molar-refractivity contribution in [3.8, 4) is 0 Å². The molecule has 0 aliphatic rings. The Bertz CT molecular complexity index is 544. The molecule has 1 aromatic carbocycles. The number of aromatic nitrogens is 1. The van der Waals surface area contributed by atoms with Crippen LogP contribution in [0.25, 0.3) is 10.9 Å². The van der Waals surface area contributed by atoms with Crippen LogP contribution in [0, 0.1) is 0 Å². The topological polar surface area (TPSA) is 12.9 Å². The lowest BCUT2D eigenvalue weighted by atomic mass is 9.98. The van der Waals surface area contributed by atoms with E-state index < -0.39 is 11.7 Å². The van der Waals surface area contributed by atoms with Crippen molar-refractivity contribution in [3.05, 3.63) is 41.6 Å². The molecule has 0 unspecified atom stereocenters. The molecule has 0 aliphatic carbocycles. The Morgan fingerprint density at radius 1 is 1.12 bits per heavy atom. The lowest BCUT2D eigenvalue weighted by molar-refractivity contribution is -0.137. The van der Waals surface area contributed by atoms with Gasteiger partial charge in [-0.05, 0) is 35.7 Å². The van der Waals surface area contributed by atoms with E-state index in [0.29, 0.717) is 10.9 Å². The van der Waals surface area contributed by atoms with Crippen molar-refractivity contribution >= 4 is 10.9 Å². The highest BCUT2D eigenvalue weighted by Crippen LogP contribution is 2.33. The molecule has 1 heterocycles. The van der Waals surface area contributed by atoms with Crippen LogP contribution >= 0.6 is 0 Å². The first-order valence-electron chi connectivity index (χ1n) is 5.35. The van der Waals surface area contributed by atoms with E-state index >= 15 is 0 Å². The minimum Gasteiger partial charge on any atom is -0.256 e. The Labute approximate surface area is 97.3 Å². The van der Waals surface area contributed by atoms with Gasteiger partial charge >= 0.3 is 6.18 Å². The van der Waals surface area contributed by atoms with E-state index in [9.17, 15) is 13.2 Å². The molecule has 1 aromatic heterocycles. The van der Waals surface area contributed by atoms with Crippen LogP contribution in [0.1, 0.15) is 30.9 Å². The van der Waals surface area contributed by atoms with E-state index in [1.165, 1.54) is 12.1 Å². The summed E-state index contributed by atoms with van der Waals surface area (Å²) < 4.78 is 37.9. The number of fused-ring (bicyclic) bond motifs is 1. The van der Waals surface area contributed by atoms with E-state index in [1.54, 1.807) is 12.3 Å². The largest absolute Gasteiger partial charge is 0.416 e. The van der Waals surface area contributed by atoms with Gasteiger partial charge in [-0.15, -0.1) is 0 Å². The Morgan fingerprint density at radius 2 is 1.82 bits per heavy atom. The second-order valence-corrected chi connectivity index (χ2v) is 4.28. The SMILES string of the molecule is CC(C)c1ccnc2ccc(C(F)(F)F)cc12. The summed E-state index contributed by atoms with van der Waals surface area (Å²) in [5.41, 5.74) is 0.866. The van der Waals surface area contributed by atoms with Crippen LogP contribution < -0.4 is 0 Å². The number of nitrogens with zero attached hydrogens (tertiary/aromatic N) is 1. The highest BCUT2D eigenvalue weighted by Gasteiger charge is 2.30. The average molecular weight is 239 g/mol. The standard InChI is InChI=1S/C13H12F3N/c1-8(2)10-5-6-17-12-4-3-9(7-11(10)12)13(14,15)16/h3-8H,1-2H3. The molecule has 0 aliphatic heterocycles. The van der Waals surface area contributed by atoms with E-state index in [0.717, 1.165) is 11.6 Å². The Morgan fingerprint density at radius 3 is 2.41 bits per heavy atom. The molecule has 0 fully saturated rings. The fourth-order valence-corrected chi connectivity index (χ4v) is 1.85. The van der Waals surface area contributed by atoms with Crippen molar-refractivity contribution < 1.29 is 13.2 Å². The lowest BCUT2D eigenvalue weighted by Gasteiger charge is -2.12. The van der Waals surface area contributed by atoms with Crippen LogP contribution in [0.4, 0.5) is 13.2 Å². The van der Waals surface area contributed by atoms with Crippen molar-refractivity contribution in [2.24, 2.45) is 0 Å². The maximum atomic E-state index is 12.6. The van der Waals surface area contributed by atoms with Gasteiger partial charge in [0.15, 0.2) is 0 Å². The maximum absolute atomic E-state index is 12.6. The number of benzene rings is 1. The van der Waals surface area contributed by atoms with Gasteiger partial charge < -0.3 is 0 Å². The zero-order valence-electron chi connectivity index (χ0n) is 9.55. The fraction of sp³-hybridized carbons (Fsp3) is 0.308. The van der Waals surface area contributed by atoms with Gasteiger partial charge in [0.05, 0.1) is 11.1 Å². The normalized spacial score (nSPS) is 12.4. The first kappa shape index (κ1) is 11.9. The summed E-state index contributed by atoms with van der Waals surface area (Å²) in [6.45, 7) is 3.91. The molecule has 17 heavy (non-hydrogen) atoms. The molecule has 2 rings (SSSR count). The molecule has 0 N–H and O–H groups in total. The van der Waals surface area contributed by atoms with E-state index in [-0.39, 0.29) is 5.92 Å². The fourth-order valence-electron chi connectivity index (χ4n) is 1.85. The minimum atomic E-state index is -4.31. The molecule has 0 amide bonds. The Balaban J connectivity index is 2.70. The third kappa shape index (κ3) is 2.25. The van der Waals surface area contributed by atoms with Gasteiger partial charge in [-0.25, -0.2) is 0 Å². The lowest BCUT2D eigenvalue weighted by Crippen LogP contribution is -2.05. The van der Waals surface area contributed by atoms with Crippen LogP contribution in [0.5, 0.6) is 0 Å². The quantitative estimate of drug-likeness (QED) is 0.719. The smallest absolute Gasteiger partial charge is 0.256 e. The van der Waals surface area contributed by atoms with Gasteiger partial charge in [0.2, 0.25) is 0 Å². The second kappa shape index (κ2) is 4.02. The summed E-state index contributed by atoms with van der Waals surface area (Å²) in [5.74, 6) is 0.170. The molecule has 0 saturated heterocycles. The molecule has 0 spiro atoms. The molecule has 0 atom stereocenters. The van der Waals surface area contributed by atoms with Crippen LogP contribution in [0.15, 0.2) is 30.5 Å². The van der Waals surface area contributed by atoms with E-state index in [4.69, 9.17) is 0 Å². The number of alkyl halides is 3. The van der Waals surface area contributed by atoms with E-state index in [1.807, 2.05) is 13.8 Å². The highest BCUT2D eigenvalue weighted by atomic mass is 19.4. The summed E-state index contributed by atoms with van der Waals surface area (Å²) in [6.07, 6.45) is -2.68. The van der Waals surface area contributed by atoms with Crippen molar-refractivity contribution in [1.29, 1.82) is 0 Å². The molecule has 4 heteroatoms. The third-order valence-electron chi connectivity index (χ3n) is 2.72. The molecular formula is C13H12F3N. The highest BCUT2D eigenvalue weighted by molar-refractivity contribution is 5.83. The third-order valence-corrected chi connectivity index (χ3v) is 2.72. The Hall–Kier alpha value is -1.58. The maximum Gasteiger partial charge on any atom is 0.416 e. The van der Waals surface area contributed by atoms with Crippen molar-refractivity contribution in [2.45, 2.75) is 25.9 Å². The molecule has 0 radical (unpaired) electrons. The molecule has 0 saturated carbocycles. The predicted molar refractivity (Wildman–Crippen MR) is 60.8 cm³/mol. The monoisotopic (exact) mass is 239 g/mol. The number of hydrogen-bond acceptors (Lipinski definition) is 1. The molecule has 0 bridgehead atoms. The minimum absolute atomic E-state index is 0.170. The van der Waals surface area contributed by atoms with Crippen LogP contribution in [-0.4, -0.2) is 4.98 Å². The second-order valence-electron chi connectivity index (χ2n) is 4.28. The molecular weight excluding hydrogens is 227 g/mol. The van der Waals surface area contributed by atoms with Crippen LogP contribution in [-0.2, 0) is 6.18 Å². The Kier molecular flexibility index (Phi) is 2.81. The van der Waals surface area contributed by atoms with Gasteiger partial charge in [-0.1, -0.05) is 13.8 Å². The van der Waals surface area contributed by atoms with E-state index in [2.05, 4.69) is 4.98 Å². The number of hydrogen-bond donors (Lipinski definition) is 0. The molecule has 2 aromatic rings. The average Bonchev–Trinajstić information content (AvgIpc) is 2.26. The summed E-state index contributed by atoms with van der Waals surface area (Å²) in [7, 11) is 0. The zero-order chi connectivity index (χ0) is 12.6. The van der Waals surface area contributed by atoms with Crippen molar-refractivity contribution in [1.82, 2.24) is 4.98 Å². The number of halogens is 3. The number of rotatable bonds is 1. The summed E-state index contributed by atoms with van der Waals surface area (Å²) >= 11 is 0. The predicted octanol–water partition coefficient (Wildman–Crippen LogP) is 4.38. The first-order chi connectivity index (χ1) is 7.89. The van der Waals surface area contributed by atoms with Crippen molar-refractivity contribution in [3.63, 3.8) is 0 Å². The summed E-state index contributed by atoms with van der Waals surface area (Å²) in [4.78, 5) is 4.08. The van der Waals surface area contributed by atoms with Crippen LogP contribution in [0.2, 0.25) is 0 Å². The van der Waals surface area contributed by atoms with Gasteiger partial charge in [0.25, 0.3) is 0 Å². The summed E-state index contributed by atoms with van der Waals surface area (Å²) in [5, 5.41) is 0.581. The van der Waals surface area contributed by atoms with Gasteiger partial charge in [0, 0.05) is 11.6 Å².